The van der Waals surface area contributed by atoms with E-state index in [9.17, 15) is 4.79 Å². The van der Waals surface area contributed by atoms with Gasteiger partial charge in [-0.1, -0.05) is 23.9 Å². The highest BCUT2D eigenvalue weighted by Crippen LogP contribution is 2.33. The maximum Gasteiger partial charge on any atom is 0.269 e. The molecule has 3 N–H and O–H groups in total. The molecule has 0 bridgehead atoms. The van der Waals surface area contributed by atoms with Crippen LogP contribution in [0.2, 0.25) is 0 Å². The molecule has 138 valence electrons. The van der Waals surface area contributed by atoms with Crippen LogP contribution in [0.25, 0.3) is 6.08 Å². The average molecular weight is 372 g/mol. The van der Waals surface area contributed by atoms with Gasteiger partial charge in [-0.15, -0.1) is 0 Å². The molecule has 1 aromatic heterocycles. The molecule has 8 heteroatoms. The van der Waals surface area contributed by atoms with Crippen molar-refractivity contribution in [3.8, 4) is 0 Å². The van der Waals surface area contributed by atoms with E-state index in [2.05, 4.69) is 28.4 Å². The first-order valence-corrected chi connectivity index (χ1v) is 10.3. The molecular formula is C18H24N6OS. The van der Waals surface area contributed by atoms with Crippen molar-refractivity contribution in [2.45, 2.75) is 32.4 Å². The largest absolute Gasteiger partial charge is 0.364 e. The molecule has 26 heavy (non-hydrogen) atoms. The van der Waals surface area contributed by atoms with Crippen molar-refractivity contribution in [3.63, 3.8) is 0 Å². The van der Waals surface area contributed by atoms with E-state index in [4.69, 9.17) is 10.7 Å². The van der Waals surface area contributed by atoms with Crippen molar-refractivity contribution in [3.05, 3.63) is 23.0 Å². The Morgan fingerprint density at radius 1 is 1.50 bits per heavy atom. The minimum absolute atomic E-state index is 0.110. The molecule has 1 fully saturated rings. The number of amidine groups is 1. The number of nitrogens with two attached hydrogens (primary N) is 1. The van der Waals surface area contributed by atoms with Crippen LogP contribution in [-0.2, 0) is 6.54 Å². The van der Waals surface area contributed by atoms with Gasteiger partial charge >= 0.3 is 0 Å². The maximum absolute atomic E-state index is 12.0. The van der Waals surface area contributed by atoms with E-state index < -0.39 is 5.91 Å². The predicted molar refractivity (Wildman–Crippen MR) is 106 cm³/mol. The number of aliphatic imine (C=N–C) groups is 2. The molecule has 1 aliphatic carbocycles. The molecule has 4 rings (SSSR count). The molecule has 0 radical (unpaired) electrons. The van der Waals surface area contributed by atoms with E-state index in [0.29, 0.717) is 11.6 Å². The lowest BCUT2D eigenvalue weighted by Crippen LogP contribution is -2.35. The third-order valence-corrected chi connectivity index (χ3v) is 5.88. The highest BCUT2D eigenvalue weighted by Gasteiger charge is 2.35. The number of rotatable bonds is 3. The summed E-state index contributed by atoms with van der Waals surface area (Å²) in [5.41, 5.74) is 8.63. The number of carbonyl (C=O) groups is 1. The SMILES string of the molecule is CSC1=NC(C)C2C=Cc3c(C(N)=O)nn(CC4CCCNC4)c3C2=N1. The zero-order valence-corrected chi connectivity index (χ0v) is 15.9. The van der Waals surface area contributed by atoms with E-state index in [1.807, 2.05) is 17.0 Å². The fraction of sp³-hybridized carbons (Fsp3) is 0.556. The van der Waals surface area contributed by atoms with E-state index in [0.717, 1.165) is 48.2 Å². The summed E-state index contributed by atoms with van der Waals surface area (Å²) < 4.78 is 1.96. The van der Waals surface area contributed by atoms with Crippen LogP contribution in [0.5, 0.6) is 0 Å². The number of piperidine rings is 1. The van der Waals surface area contributed by atoms with Crippen LogP contribution in [0.4, 0.5) is 0 Å². The molecule has 1 saturated heterocycles. The van der Waals surface area contributed by atoms with Gasteiger partial charge < -0.3 is 11.1 Å². The quantitative estimate of drug-likeness (QED) is 0.841. The summed E-state index contributed by atoms with van der Waals surface area (Å²) in [7, 11) is 0. The smallest absolute Gasteiger partial charge is 0.269 e. The Hall–Kier alpha value is -1.93. The lowest BCUT2D eigenvalue weighted by Gasteiger charge is -2.29. The van der Waals surface area contributed by atoms with Crippen LogP contribution in [0.1, 0.15) is 41.5 Å². The number of nitrogens with one attached hydrogen (secondary N) is 1. The summed E-state index contributed by atoms with van der Waals surface area (Å²) in [6.07, 6.45) is 8.36. The van der Waals surface area contributed by atoms with Crippen molar-refractivity contribution in [1.29, 1.82) is 0 Å². The van der Waals surface area contributed by atoms with Crippen LogP contribution in [0.15, 0.2) is 16.1 Å². The normalized spacial score (nSPS) is 27.4. The van der Waals surface area contributed by atoms with Gasteiger partial charge in [-0.3, -0.25) is 14.5 Å². The summed E-state index contributed by atoms with van der Waals surface area (Å²) in [6.45, 7) is 4.91. The number of fused-ring (bicyclic) bond motifs is 3. The van der Waals surface area contributed by atoms with Crippen LogP contribution in [-0.4, -0.2) is 52.0 Å². The molecule has 1 aromatic rings. The second-order valence-electron chi connectivity index (χ2n) is 7.11. The van der Waals surface area contributed by atoms with Crippen LogP contribution >= 0.6 is 11.8 Å². The molecule has 0 spiro atoms. The average Bonchev–Trinajstić information content (AvgIpc) is 3.01. The number of aromatic nitrogens is 2. The number of nitrogens with zero attached hydrogens (tertiary/aromatic N) is 4. The van der Waals surface area contributed by atoms with Crippen LogP contribution in [0, 0.1) is 11.8 Å². The van der Waals surface area contributed by atoms with Crippen LogP contribution < -0.4 is 11.1 Å². The minimum Gasteiger partial charge on any atom is -0.364 e. The molecule has 7 nitrogen and oxygen atoms in total. The van der Waals surface area contributed by atoms with Gasteiger partial charge in [-0.25, -0.2) is 4.99 Å². The first kappa shape index (κ1) is 17.5. The summed E-state index contributed by atoms with van der Waals surface area (Å²) in [5.74, 6) is 0.111. The Kier molecular flexibility index (Phi) is 4.71. The van der Waals surface area contributed by atoms with Crippen molar-refractivity contribution in [2.75, 3.05) is 19.3 Å². The van der Waals surface area contributed by atoms with E-state index in [-0.39, 0.29) is 12.0 Å². The van der Waals surface area contributed by atoms with Gasteiger partial charge in [0.2, 0.25) is 0 Å². The third-order valence-electron chi connectivity index (χ3n) is 5.31. The molecular weight excluding hydrogens is 348 g/mol. The molecule has 1 amide bonds. The van der Waals surface area contributed by atoms with Gasteiger partial charge in [0.05, 0.1) is 17.4 Å². The first-order valence-electron chi connectivity index (χ1n) is 9.08. The van der Waals surface area contributed by atoms with Gasteiger partial charge in [0.15, 0.2) is 10.9 Å². The fourth-order valence-electron chi connectivity index (χ4n) is 3.99. The summed E-state index contributed by atoms with van der Waals surface area (Å²) >= 11 is 1.54. The number of hydrogen-bond acceptors (Lipinski definition) is 6. The molecule has 0 aromatic carbocycles. The lowest BCUT2D eigenvalue weighted by molar-refractivity contribution is 0.0994. The van der Waals surface area contributed by atoms with Crippen molar-refractivity contribution >= 4 is 34.6 Å². The van der Waals surface area contributed by atoms with Gasteiger partial charge in [-0.05, 0) is 45.0 Å². The second kappa shape index (κ2) is 7.00. The minimum atomic E-state index is -0.493. The van der Waals surface area contributed by atoms with E-state index in [1.165, 1.54) is 6.42 Å². The molecule has 3 aliphatic rings. The predicted octanol–water partition coefficient (Wildman–Crippen LogP) is 1.53. The van der Waals surface area contributed by atoms with E-state index >= 15 is 0 Å². The van der Waals surface area contributed by atoms with Crippen molar-refractivity contribution < 1.29 is 4.79 Å². The van der Waals surface area contributed by atoms with Crippen LogP contribution in [0.3, 0.4) is 0 Å². The van der Waals surface area contributed by atoms with Crippen molar-refractivity contribution in [1.82, 2.24) is 15.1 Å². The molecule has 0 saturated carbocycles. The zero-order valence-electron chi connectivity index (χ0n) is 15.1. The standard InChI is InChI=1S/C18H24N6OS/c1-10-12-5-6-13-15(17(19)25)23-24(9-11-4-3-7-20-8-11)16(13)14(12)22-18(21-10)26-2/h5-6,10-12,20H,3-4,7-9H2,1-2H3,(H2,19,25). The maximum atomic E-state index is 12.0. The summed E-state index contributed by atoms with van der Waals surface area (Å²) in [4.78, 5) is 21.4. The van der Waals surface area contributed by atoms with Crippen molar-refractivity contribution in [2.24, 2.45) is 27.6 Å². The highest BCUT2D eigenvalue weighted by molar-refractivity contribution is 8.13. The number of hydrogen-bond donors (Lipinski definition) is 2. The molecule has 3 atom stereocenters. The molecule has 2 aliphatic heterocycles. The number of primary amides is 1. The third kappa shape index (κ3) is 3.01. The Bertz CT molecular complexity index is 818. The fourth-order valence-corrected chi connectivity index (χ4v) is 4.45. The van der Waals surface area contributed by atoms with Gasteiger partial charge in [-0.2, -0.15) is 5.10 Å². The first-order chi connectivity index (χ1) is 12.6. The Morgan fingerprint density at radius 3 is 3.04 bits per heavy atom. The van der Waals surface area contributed by atoms with Gasteiger partial charge in [0.1, 0.15) is 0 Å². The topological polar surface area (TPSA) is 97.7 Å². The molecule has 3 unspecified atom stereocenters. The summed E-state index contributed by atoms with van der Waals surface area (Å²) in [5, 5.41) is 8.81. The summed E-state index contributed by atoms with van der Waals surface area (Å²) in [6, 6.07) is 0.117. The highest BCUT2D eigenvalue weighted by atomic mass is 32.2. The molecule has 3 heterocycles. The Labute approximate surface area is 157 Å². The zero-order chi connectivity index (χ0) is 18.3. The van der Waals surface area contributed by atoms with Gasteiger partial charge in [0, 0.05) is 18.0 Å². The van der Waals surface area contributed by atoms with Gasteiger partial charge in [0.25, 0.3) is 5.91 Å². The number of thioether (sulfide) groups is 1. The number of carbonyl (C=O) groups excluding carboxylic acids is 1. The number of amides is 1. The lowest BCUT2D eigenvalue weighted by atomic mass is 9.85. The second-order valence-corrected chi connectivity index (χ2v) is 7.88. The Morgan fingerprint density at radius 2 is 2.35 bits per heavy atom. The monoisotopic (exact) mass is 372 g/mol. The Balaban J connectivity index is 1.80. The van der Waals surface area contributed by atoms with E-state index in [1.54, 1.807) is 11.8 Å².